The summed E-state index contributed by atoms with van der Waals surface area (Å²) in [6.07, 6.45) is 5.75. The maximum Gasteiger partial charge on any atom is 0.192 e. The number of aliphatic imine (C=N–C) groups is 1. The molecular weight excluding hydrogens is 174 g/mol. The molecular formula is C11H19N3. The Morgan fingerprint density at radius 3 is 3.14 bits per heavy atom. The molecule has 1 heterocycles. The third-order valence-electron chi connectivity index (χ3n) is 3.80. The maximum atomic E-state index is 5.91. The van der Waals surface area contributed by atoms with E-state index in [9.17, 15) is 0 Å². The van der Waals surface area contributed by atoms with Gasteiger partial charge in [0.1, 0.15) is 0 Å². The summed E-state index contributed by atoms with van der Waals surface area (Å²) in [7, 11) is 0. The lowest BCUT2D eigenvalue weighted by Crippen LogP contribution is -2.53. The van der Waals surface area contributed by atoms with Gasteiger partial charge in [0.2, 0.25) is 0 Å². The first-order valence-electron chi connectivity index (χ1n) is 5.39. The Kier molecular flexibility index (Phi) is 2.25. The second-order valence-electron chi connectivity index (χ2n) is 4.47. The average molecular weight is 193 g/mol. The third-order valence-corrected chi connectivity index (χ3v) is 3.80. The van der Waals surface area contributed by atoms with E-state index in [2.05, 4.69) is 23.4 Å². The molecule has 1 aliphatic carbocycles. The quantitative estimate of drug-likeness (QED) is 0.673. The minimum absolute atomic E-state index is 0.221. The van der Waals surface area contributed by atoms with Crippen molar-refractivity contribution in [2.45, 2.75) is 31.7 Å². The lowest BCUT2D eigenvalue weighted by molar-refractivity contribution is 0.169. The van der Waals surface area contributed by atoms with Crippen LogP contribution in [0, 0.1) is 5.92 Å². The van der Waals surface area contributed by atoms with Gasteiger partial charge < -0.3 is 10.6 Å². The van der Waals surface area contributed by atoms with Gasteiger partial charge in [-0.3, -0.25) is 4.99 Å². The highest BCUT2D eigenvalue weighted by Gasteiger charge is 2.48. The summed E-state index contributed by atoms with van der Waals surface area (Å²) in [5, 5.41) is 0. The summed E-state index contributed by atoms with van der Waals surface area (Å²) in [6, 6.07) is 0. The summed E-state index contributed by atoms with van der Waals surface area (Å²) in [5.41, 5.74) is 6.13. The van der Waals surface area contributed by atoms with Gasteiger partial charge in [-0.2, -0.15) is 0 Å². The molecule has 2 atom stereocenters. The van der Waals surface area contributed by atoms with Crippen LogP contribution < -0.4 is 5.73 Å². The first kappa shape index (κ1) is 9.56. The number of hydrogen-bond acceptors (Lipinski definition) is 3. The summed E-state index contributed by atoms with van der Waals surface area (Å²) < 4.78 is 0. The van der Waals surface area contributed by atoms with Crippen LogP contribution in [-0.4, -0.2) is 29.5 Å². The fourth-order valence-corrected chi connectivity index (χ4v) is 2.89. The fraction of sp³-hybridized carbons (Fsp3) is 0.727. The van der Waals surface area contributed by atoms with Crippen molar-refractivity contribution >= 4 is 5.96 Å². The molecule has 1 saturated carbocycles. The van der Waals surface area contributed by atoms with Gasteiger partial charge in [-0.15, -0.1) is 6.58 Å². The van der Waals surface area contributed by atoms with Gasteiger partial charge >= 0.3 is 0 Å². The number of rotatable bonds is 2. The molecule has 2 N–H and O–H groups in total. The number of hydrogen-bond donors (Lipinski definition) is 1. The Hall–Kier alpha value is -0.990. The summed E-state index contributed by atoms with van der Waals surface area (Å²) in [6.45, 7) is 7.82. The van der Waals surface area contributed by atoms with E-state index in [0.29, 0.717) is 11.9 Å². The molecule has 14 heavy (non-hydrogen) atoms. The number of nitrogens with two attached hydrogens (primary N) is 1. The topological polar surface area (TPSA) is 41.6 Å². The highest BCUT2D eigenvalue weighted by atomic mass is 15.4. The van der Waals surface area contributed by atoms with Gasteiger partial charge in [-0.25, -0.2) is 0 Å². The Bertz CT molecular complexity index is 272. The standard InChI is InChI=1S/C11H19N3/c1-3-7-14-10(12)13-8-11(14)6-4-5-9(11)2/h3,9H,1,4-8H2,2H3,(H2,12,13). The zero-order chi connectivity index (χ0) is 10.2. The summed E-state index contributed by atoms with van der Waals surface area (Å²) >= 11 is 0. The molecule has 2 aliphatic rings. The van der Waals surface area contributed by atoms with Crippen LogP contribution in [0.1, 0.15) is 26.2 Å². The molecule has 0 aromatic carbocycles. The largest absolute Gasteiger partial charge is 0.370 e. The van der Waals surface area contributed by atoms with E-state index < -0.39 is 0 Å². The minimum Gasteiger partial charge on any atom is -0.370 e. The highest BCUT2D eigenvalue weighted by Crippen LogP contribution is 2.42. The van der Waals surface area contributed by atoms with E-state index in [4.69, 9.17) is 5.73 Å². The lowest BCUT2D eigenvalue weighted by atomic mass is 9.87. The van der Waals surface area contributed by atoms with Crippen LogP contribution in [0.25, 0.3) is 0 Å². The van der Waals surface area contributed by atoms with E-state index in [1.165, 1.54) is 19.3 Å². The normalized spacial score (nSPS) is 36.5. The molecule has 1 spiro atoms. The van der Waals surface area contributed by atoms with E-state index in [0.717, 1.165) is 13.1 Å². The first-order chi connectivity index (χ1) is 6.70. The lowest BCUT2D eigenvalue weighted by Gasteiger charge is -2.39. The molecule has 3 nitrogen and oxygen atoms in total. The zero-order valence-corrected chi connectivity index (χ0v) is 8.87. The van der Waals surface area contributed by atoms with Gasteiger partial charge in [0.05, 0.1) is 12.1 Å². The van der Waals surface area contributed by atoms with Crippen molar-refractivity contribution in [1.82, 2.24) is 4.90 Å². The Labute approximate surface area is 85.7 Å². The van der Waals surface area contributed by atoms with Gasteiger partial charge in [0, 0.05) is 6.54 Å². The molecule has 2 unspecified atom stereocenters. The van der Waals surface area contributed by atoms with Crippen LogP contribution in [0.2, 0.25) is 0 Å². The van der Waals surface area contributed by atoms with Crippen LogP contribution >= 0.6 is 0 Å². The minimum atomic E-state index is 0.221. The van der Waals surface area contributed by atoms with Crippen molar-refractivity contribution in [3.8, 4) is 0 Å². The molecule has 3 heteroatoms. The van der Waals surface area contributed by atoms with Crippen molar-refractivity contribution in [3.63, 3.8) is 0 Å². The van der Waals surface area contributed by atoms with Crippen molar-refractivity contribution in [3.05, 3.63) is 12.7 Å². The summed E-state index contributed by atoms with van der Waals surface area (Å²) in [5.74, 6) is 1.41. The Morgan fingerprint density at radius 1 is 1.79 bits per heavy atom. The van der Waals surface area contributed by atoms with E-state index in [1.807, 2.05) is 6.08 Å². The van der Waals surface area contributed by atoms with Gasteiger partial charge in [-0.1, -0.05) is 19.4 Å². The molecule has 2 rings (SSSR count). The van der Waals surface area contributed by atoms with Crippen molar-refractivity contribution < 1.29 is 0 Å². The first-order valence-corrected chi connectivity index (χ1v) is 5.39. The predicted molar refractivity (Wildman–Crippen MR) is 59.1 cm³/mol. The predicted octanol–water partition coefficient (Wildman–Crippen LogP) is 1.36. The molecule has 0 radical (unpaired) electrons. The van der Waals surface area contributed by atoms with Crippen molar-refractivity contribution in [2.75, 3.05) is 13.1 Å². The smallest absolute Gasteiger partial charge is 0.192 e. The van der Waals surface area contributed by atoms with Crippen LogP contribution in [0.15, 0.2) is 17.6 Å². The molecule has 0 bridgehead atoms. The van der Waals surface area contributed by atoms with Crippen LogP contribution in [0.5, 0.6) is 0 Å². The molecule has 78 valence electrons. The summed E-state index contributed by atoms with van der Waals surface area (Å²) in [4.78, 5) is 6.64. The molecule has 0 aromatic rings. The van der Waals surface area contributed by atoms with Crippen molar-refractivity contribution in [2.24, 2.45) is 16.6 Å². The van der Waals surface area contributed by atoms with E-state index >= 15 is 0 Å². The van der Waals surface area contributed by atoms with Crippen LogP contribution in [-0.2, 0) is 0 Å². The van der Waals surface area contributed by atoms with Gasteiger partial charge in [0.25, 0.3) is 0 Å². The zero-order valence-electron chi connectivity index (χ0n) is 8.87. The van der Waals surface area contributed by atoms with Gasteiger partial charge in [0.15, 0.2) is 5.96 Å². The maximum absolute atomic E-state index is 5.91. The molecule has 0 saturated heterocycles. The monoisotopic (exact) mass is 193 g/mol. The van der Waals surface area contributed by atoms with E-state index in [1.54, 1.807) is 0 Å². The molecule has 1 fully saturated rings. The number of guanidine groups is 1. The number of nitrogens with zero attached hydrogens (tertiary/aromatic N) is 2. The average Bonchev–Trinajstić information content (AvgIpc) is 2.67. The SMILES string of the molecule is C=CCN1C(N)=NCC12CCCC2C. The molecule has 1 aliphatic heterocycles. The fourth-order valence-electron chi connectivity index (χ4n) is 2.89. The van der Waals surface area contributed by atoms with Gasteiger partial charge in [-0.05, 0) is 18.8 Å². The highest BCUT2D eigenvalue weighted by molar-refractivity contribution is 5.81. The third kappa shape index (κ3) is 1.15. The Balaban J connectivity index is 2.23. The van der Waals surface area contributed by atoms with E-state index in [-0.39, 0.29) is 5.54 Å². The Morgan fingerprint density at radius 2 is 2.57 bits per heavy atom. The second kappa shape index (κ2) is 3.30. The second-order valence-corrected chi connectivity index (χ2v) is 4.47. The molecule has 0 amide bonds. The molecule has 0 aromatic heterocycles. The van der Waals surface area contributed by atoms with Crippen LogP contribution in [0.4, 0.5) is 0 Å². The van der Waals surface area contributed by atoms with Crippen molar-refractivity contribution in [1.29, 1.82) is 0 Å². The van der Waals surface area contributed by atoms with Crippen LogP contribution in [0.3, 0.4) is 0 Å².